The van der Waals surface area contributed by atoms with Crippen LogP contribution in [0.15, 0.2) is 60.7 Å². The van der Waals surface area contributed by atoms with E-state index in [0.29, 0.717) is 26.9 Å². The van der Waals surface area contributed by atoms with Crippen LogP contribution in [0.4, 0.5) is 5.69 Å². The van der Waals surface area contributed by atoms with Gasteiger partial charge in [-0.2, -0.15) is 0 Å². The SMILES string of the molecule is O=C(C[C@@]1(O)C(=O)N(Cc2ccc(Cl)cc2)c2ccc(Cl)cc21)c1ccc2c(c1)CCCC2. The highest BCUT2D eigenvalue weighted by molar-refractivity contribution is 6.31. The van der Waals surface area contributed by atoms with Gasteiger partial charge in [0.15, 0.2) is 11.4 Å². The summed E-state index contributed by atoms with van der Waals surface area (Å²) in [6.45, 7) is 0.250. The van der Waals surface area contributed by atoms with E-state index in [-0.39, 0.29) is 18.7 Å². The maximum atomic E-state index is 13.5. The standard InChI is InChI=1S/C27H23Cl2NO3/c28-21-9-5-17(6-10-21)16-30-24-12-11-22(29)14-23(24)27(33,26(30)32)15-25(31)20-8-7-18-3-1-2-4-19(18)13-20/h5-14,33H,1-4,15-16H2/t27-/m0/s1. The second-order valence-corrected chi connectivity index (χ2v) is 9.70. The first kappa shape index (κ1) is 22.1. The Bertz CT molecular complexity index is 1250. The van der Waals surface area contributed by atoms with Crippen LogP contribution in [-0.2, 0) is 29.8 Å². The van der Waals surface area contributed by atoms with Gasteiger partial charge in [-0.25, -0.2) is 0 Å². The molecule has 0 aromatic heterocycles. The number of ketones is 1. The summed E-state index contributed by atoms with van der Waals surface area (Å²) in [5, 5.41) is 12.6. The molecule has 168 valence electrons. The topological polar surface area (TPSA) is 57.6 Å². The van der Waals surface area contributed by atoms with E-state index in [2.05, 4.69) is 0 Å². The van der Waals surface area contributed by atoms with E-state index in [0.717, 1.165) is 31.2 Å². The Labute approximate surface area is 202 Å². The van der Waals surface area contributed by atoms with Crippen LogP contribution in [-0.4, -0.2) is 16.8 Å². The Kier molecular flexibility index (Phi) is 5.77. The number of fused-ring (bicyclic) bond motifs is 2. The zero-order valence-electron chi connectivity index (χ0n) is 18.0. The minimum Gasteiger partial charge on any atom is -0.375 e. The normalized spacial score (nSPS) is 19.4. The van der Waals surface area contributed by atoms with Gasteiger partial charge in [0, 0.05) is 21.2 Å². The summed E-state index contributed by atoms with van der Waals surface area (Å²) < 4.78 is 0. The number of hydrogen-bond donors (Lipinski definition) is 1. The van der Waals surface area contributed by atoms with Gasteiger partial charge in [-0.15, -0.1) is 0 Å². The average Bonchev–Trinajstić information content (AvgIpc) is 3.01. The van der Waals surface area contributed by atoms with Crippen LogP contribution in [0, 0.1) is 0 Å². The van der Waals surface area contributed by atoms with Crippen molar-refractivity contribution in [3.05, 3.63) is 98.5 Å². The van der Waals surface area contributed by atoms with Crippen LogP contribution >= 0.6 is 23.2 Å². The van der Waals surface area contributed by atoms with E-state index in [1.54, 1.807) is 36.4 Å². The van der Waals surface area contributed by atoms with E-state index in [1.165, 1.54) is 16.0 Å². The van der Waals surface area contributed by atoms with Crippen LogP contribution in [0.3, 0.4) is 0 Å². The number of carbonyl (C=O) groups is 2. The van der Waals surface area contributed by atoms with Gasteiger partial charge in [0.2, 0.25) is 0 Å². The summed E-state index contributed by atoms with van der Waals surface area (Å²) in [4.78, 5) is 28.3. The van der Waals surface area contributed by atoms with Gasteiger partial charge < -0.3 is 10.0 Å². The zero-order valence-corrected chi connectivity index (χ0v) is 19.5. The Morgan fingerprint density at radius 1 is 0.909 bits per heavy atom. The molecule has 3 aromatic rings. The third-order valence-corrected chi connectivity index (χ3v) is 7.12. The summed E-state index contributed by atoms with van der Waals surface area (Å²) in [6.07, 6.45) is 3.91. The minimum atomic E-state index is -1.97. The fraction of sp³-hybridized carbons (Fsp3) is 0.259. The molecule has 5 rings (SSSR count). The van der Waals surface area contributed by atoms with Crippen LogP contribution in [0.1, 0.15) is 51.9 Å². The fourth-order valence-corrected chi connectivity index (χ4v) is 5.16. The number of halogens is 2. The van der Waals surface area contributed by atoms with Crippen LogP contribution in [0.2, 0.25) is 10.0 Å². The van der Waals surface area contributed by atoms with Gasteiger partial charge >= 0.3 is 0 Å². The van der Waals surface area contributed by atoms with Gasteiger partial charge in [-0.3, -0.25) is 9.59 Å². The van der Waals surface area contributed by atoms with Crippen molar-refractivity contribution in [2.45, 2.75) is 44.2 Å². The number of hydrogen-bond acceptors (Lipinski definition) is 3. The predicted molar refractivity (Wildman–Crippen MR) is 130 cm³/mol. The van der Waals surface area contributed by atoms with Gasteiger partial charge in [0.25, 0.3) is 5.91 Å². The number of nitrogens with zero attached hydrogens (tertiary/aromatic N) is 1. The molecule has 0 spiro atoms. The van der Waals surface area contributed by atoms with Crippen molar-refractivity contribution >= 4 is 40.6 Å². The van der Waals surface area contributed by atoms with E-state index in [9.17, 15) is 14.7 Å². The fourth-order valence-electron chi connectivity index (χ4n) is 4.86. The largest absolute Gasteiger partial charge is 0.375 e. The van der Waals surface area contributed by atoms with Crippen molar-refractivity contribution in [1.82, 2.24) is 0 Å². The highest BCUT2D eigenvalue weighted by Crippen LogP contribution is 2.45. The number of rotatable bonds is 5. The number of aliphatic hydroxyl groups is 1. The summed E-state index contributed by atoms with van der Waals surface area (Å²) in [5.41, 5.74) is 2.79. The average molecular weight is 480 g/mol. The Balaban J connectivity index is 1.47. The molecule has 1 amide bonds. The molecule has 2 aliphatic rings. The molecule has 6 heteroatoms. The Hall–Kier alpha value is -2.66. The lowest BCUT2D eigenvalue weighted by Gasteiger charge is -2.23. The van der Waals surface area contributed by atoms with Crippen LogP contribution < -0.4 is 4.90 Å². The molecule has 1 aliphatic carbocycles. The monoisotopic (exact) mass is 479 g/mol. The minimum absolute atomic E-state index is 0.250. The number of anilines is 1. The molecule has 4 nitrogen and oxygen atoms in total. The van der Waals surface area contributed by atoms with E-state index in [1.807, 2.05) is 24.3 Å². The van der Waals surface area contributed by atoms with Gasteiger partial charge in [-0.05, 0) is 78.8 Å². The van der Waals surface area contributed by atoms with Crippen molar-refractivity contribution in [3.63, 3.8) is 0 Å². The summed E-state index contributed by atoms with van der Waals surface area (Å²) in [7, 11) is 0. The molecule has 1 N–H and O–H groups in total. The molecule has 33 heavy (non-hydrogen) atoms. The van der Waals surface area contributed by atoms with Gasteiger partial charge in [-0.1, -0.05) is 47.5 Å². The molecule has 1 aliphatic heterocycles. The highest BCUT2D eigenvalue weighted by Gasteiger charge is 2.51. The van der Waals surface area contributed by atoms with Crippen molar-refractivity contribution < 1.29 is 14.7 Å². The second kappa shape index (κ2) is 8.60. The first-order valence-corrected chi connectivity index (χ1v) is 11.8. The lowest BCUT2D eigenvalue weighted by atomic mass is 9.85. The maximum Gasteiger partial charge on any atom is 0.264 e. The molecule has 1 atom stereocenters. The lowest BCUT2D eigenvalue weighted by Crippen LogP contribution is -2.41. The highest BCUT2D eigenvalue weighted by atomic mass is 35.5. The molecule has 0 unspecified atom stereocenters. The third kappa shape index (κ3) is 4.08. The third-order valence-electron chi connectivity index (χ3n) is 6.63. The number of carbonyl (C=O) groups excluding carboxylic acids is 2. The molecular weight excluding hydrogens is 457 g/mol. The number of amides is 1. The van der Waals surface area contributed by atoms with Crippen molar-refractivity contribution in [2.75, 3.05) is 4.90 Å². The smallest absolute Gasteiger partial charge is 0.264 e. The first-order chi connectivity index (χ1) is 15.8. The summed E-state index contributed by atoms with van der Waals surface area (Å²) >= 11 is 12.2. The van der Waals surface area contributed by atoms with E-state index >= 15 is 0 Å². The Morgan fingerprint density at radius 2 is 1.61 bits per heavy atom. The number of benzene rings is 3. The molecule has 1 heterocycles. The molecule has 0 saturated carbocycles. The predicted octanol–water partition coefficient (Wildman–Crippen LogP) is 5.88. The van der Waals surface area contributed by atoms with E-state index in [4.69, 9.17) is 23.2 Å². The van der Waals surface area contributed by atoms with Crippen molar-refractivity contribution in [1.29, 1.82) is 0 Å². The Morgan fingerprint density at radius 3 is 2.36 bits per heavy atom. The number of aryl methyl sites for hydroxylation is 2. The van der Waals surface area contributed by atoms with Crippen molar-refractivity contribution in [3.8, 4) is 0 Å². The van der Waals surface area contributed by atoms with Gasteiger partial charge in [0.1, 0.15) is 0 Å². The zero-order chi connectivity index (χ0) is 23.2. The molecule has 3 aromatic carbocycles. The van der Waals surface area contributed by atoms with Crippen LogP contribution in [0.5, 0.6) is 0 Å². The quantitative estimate of drug-likeness (QED) is 0.464. The molecule has 0 saturated heterocycles. The first-order valence-electron chi connectivity index (χ1n) is 11.1. The van der Waals surface area contributed by atoms with E-state index < -0.39 is 11.5 Å². The molecule has 0 radical (unpaired) electrons. The molecule has 0 fully saturated rings. The molecular formula is C27H23Cl2NO3. The number of Topliss-reactive ketones (excluding diaryl/α,β-unsaturated/α-hetero) is 1. The molecule has 0 bridgehead atoms. The summed E-state index contributed by atoms with van der Waals surface area (Å²) in [5.74, 6) is -0.792. The summed E-state index contributed by atoms with van der Waals surface area (Å²) in [6, 6.07) is 17.9. The van der Waals surface area contributed by atoms with Gasteiger partial charge in [0.05, 0.1) is 18.7 Å². The lowest BCUT2D eigenvalue weighted by molar-refractivity contribution is -0.136. The maximum absolute atomic E-state index is 13.5. The second-order valence-electron chi connectivity index (χ2n) is 8.83. The van der Waals surface area contributed by atoms with Crippen LogP contribution in [0.25, 0.3) is 0 Å². The van der Waals surface area contributed by atoms with Crippen molar-refractivity contribution in [2.24, 2.45) is 0 Å².